The van der Waals surface area contributed by atoms with Crippen LogP contribution in [0.25, 0.3) is 21.5 Å². The molecule has 0 unspecified atom stereocenters. The van der Waals surface area contributed by atoms with Crippen LogP contribution in [0.15, 0.2) is 54.6 Å². The van der Waals surface area contributed by atoms with E-state index in [1.165, 1.54) is 207 Å². The Morgan fingerprint density at radius 1 is 0.356 bits per heavy atom. The highest BCUT2D eigenvalue weighted by Gasteiger charge is 2.14. The van der Waals surface area contributed by atoms with E-state index in [0.29, 0.717) is 0 Å². The zero-order chi connectivity index (χ0) is 31.6. The fourth-order valence-electron chi connectivity index (χ4n) is 7.31. The van der Waals surface area contributed by atoms with E-state index in [4.69, 9.17) is 0 Å². The molecule has 0 fully saturated rings. The third-order valence-electron chi connectivity index (χ3n) is 10.1. The lowest BCUT2D eigenvalue weighted by Crippen LogP contribution is -2.26. The highest BCUT2D eigenvalue weighted by atomic mass is 15.1. The lowest BCUT2D eigenvalue weighted by molar-refractivity contribution is 0.527. The van der Waals surface area contributed by atoms with Crippen molar-refractivity contribution in [2.45, 2.75) is 181 Å². The van der Waals surface area contributed by atoms with Gasteiger partial charge in [0.15, 0.2) is 0 Å². The first-order chi connectivity index (χ1) is 22.3. The van der Waals surface area contributed by atoms with Crippen LogP contribution in [0.5, 0.6) is 0 Å². The van der Waals surface area contributed by atoms with Gasteiger partial charge in [-0.05, 0) is 29.7 Å². The maximum atomic E-state index is 2.78. The van der Waals surface area contributed by atoms with Gasteiger partial charge in [0, 0.05) is 23.9 Å². The Hall–Kier alpha value is -2.02. The summed E-state index contributed by atoms with van der Waals surface area (Å²) in [6.07, 6.45) is 36.9. The lowest BCUT2D eigenvalue weighted by atomic mass is 9.99. The minimum atomic E-state index is 1.19. The second-order valence-corrected chi connectivity index (χ2v) is 14.1. The van der Waals surface area contributed by atoms with Crippen molar-refractivity contribution >= 4 is 27.2 Å². The summed E-state index contributed by atoms with van der Waals surface area (Å²) in [7, 11) is 0. The minimum absolute atomic E-state index is 1.19. The molecule has 1 nitrogen and oxygen atoms in total. The van der Waals surface area contributed by atoms with Gasteiger partial charge in [-0.2, -0.15) is 0 Å². The van der Waals surface area contributed by atoms with Gasteiger partial charge < -0.3 is 4.90 Å². The number of fused-ring (bicyclic) bond motifs is 2. The molecular formula is C44H71N. The van der Waals surface area contributed by atoms with Gasteiger partial charge in [0.2, 0.25) is 0 Å². The molecule has 0 saturated carbocycles. The van der Waals surface area contributed by atoms with Crippen LogP contribution in [-0.2, 0) is 0 Å². The molecule has 0 amide bonds. The first-order valence-electron chi connectivity index (χ1n) is 20.0. The Morgan fingerprint density at radius 3 is 0.978 bits per heavy atom. The molecule has 0 spiro atoms. The van der Waals surface area contributed by atoms with Gasteiger partial charge in [-0.3, -0.25) is 0 Å². The van der Waals surface area contributed by atoms with Crippen molar-refractivity contribution in [1.82, 2.24) is 0 Å². The minimum Gasteiger partial charge on any atom is -0.371 e. The molecule has 0 aromatic heterocycles. The second kappa shape index (κ2) is 25.1. The molecule has 0 aliphatic carbocycles. The molecule has 0 saturated heterocycles. The number of rotatable bonds is 29. The average molecular weight is 614 g/mol. The van der Waals surface area contributed by atoms with Gasteiger partial charge in [-0.1, -0.05) is 216 Å². The summed E-state index contributed by atoms with van der Waals surface area (Å²) in [4.78, 5) is 2.78. The van der Waals surface area contributed by atoms with Crippen molar-refractivity contribution < 1.29 is 0 Å². The first-order valence-corrected chi connectivity index (χ1v) is 20.0. The molecule has 0 atom stereocenters. The summed E-state index contributed by atoms with van der Waals surface area (Å²) in [5, 5.41) is 5.62. The van der Waals surface area contributed by atoms with Crippen LogP contribution < -0.4 is 4.90 Å². The average Bonchev–Trinajstić information content (AvgIpc) is 3.07. The van der Waals surface area contributed by atoms with E-state index in [1.54, 1.807) is 0 Å². The number of hydrogen-bond donors (Lipinski definition) is 0. The van der Waals surface area contributed by atoms with Gasteiger partial charge in [0.1, 0.15) is 0 Å². The number of benzene rings is 3. The third-order valence-corrected chi connectivity index (χ3v) is 10.1. The maximum absolute atomic E-state index is 2.78. The molecular weight excluding hydrogens is 542 g/mol. The Balaban J connectivity index is 1.40. The Bertz CT molecular complexity index is 1060. The number of hydrogen-bond acceptors (Lipinski definition) is 1. The first kappa shape index (κ1) is 37.4. The highest BCUT2D eigenvalue weighted by molar-refractivity contribution is 6.11. The monoisotopic (exact) mass is 614 g/mol. The fourth-order valence-corrected chi connectivity index (χ4v) is 7.31. The summed E-state index contributed by atoms with van der Waals surface area (Å²) in [6, 6.07) is 20.6. The van der Waals surface area contributed by atoms with E-state index < -0.39 is 0 Å². The van der Waals surface area contributed by atoms with E-state index in [1.807, 2.05) is 0 Å². The predicted octanol–water partition coefficient (Wildman–Crippen LogP) is 15.0. The summed E-state index contributed by atoms with van der Waals surface area (Å²) in [5.74, 6) is 0. The van der Waals surface area contributed by atoms with E-state index in [-0.39, 0.29) is 0 Å². The van der Waals surface area contributed by atoms with Gasteiger partial charge >= 0.3 is 0 Å². The van der Waals surface area contributed by atoms with E-state index in [0.717, 1.165) is 0 Å². The topological polar surface area (TPSA) is 3.24 Å². The molecule has 3 rings (SSSR count). The predicted molar refractivity (Wildman–Crippen MR) is 205 cm³/mol. The standard InChI is InChI=1S/C44H71N/c1-3-5-7-9-11-13-15-16-17-18-19-20-22-24-26-32-38-45(37-31-25-23-21-14-12-10-8-6-4-2)44-42-35-29-27-33-40(42)39-41-34-28-30-36-43(41)44/h27-30,33-36,39H,3-26,31-32,37-38H2,1-2H3. The summed E-state index contributed by atoms with van der Waals surface area (Å²) < 4.78 is 0. The van der Waals surface area contributed by atoms with Crippen LogP contribution in [0.3, 0.4) is 0 Å². The van der Waals surface area contributed by atoms with Crippen molar-refractivity contribution in [2.75, 3.05) is 18.0 Å². The van der Waals surface area contributed by atoms with Crippen LogP contribution in [0.1, 0.15) is 181 Å². The normalized spacial score (nSPS) is 11.6. The molecule has 0 bridgehead atoms. The smallest absolute Gasteiger partial charge is 0.0525 e. The second-order valence-electron chi connectivity index (χ2n) is 14.1. The molecule has 3 aromatic rings. The van der Waals surface area contributed by atoms with Crippen LogP contribution >= 0.6 is 0 Å². The van der Waals surface area contributed by atoms with Crippen molar-refractivity contribution in [3.63, 3.8) is 0 Å². The molecule has 1 heteroatoms. The third kappa shape index (κ3) is 15.4. The van der Waals surface area contributed by atoms with Crippen LogP contribution in [-0.4, -0.2) is 13.1 Å². The molecule has 0 N–H and O–H groups in total. The quantitative estimate of drug-likeness (QED) is 0.0556. The Morgan fingerprint density at radius 2 is 0.644 bits per heavy atom. The Kier molecular flexibility index (Phi) is 20.9. The van der Waals surface area contributed by atoms with Gasteiger partial charge in [-0.25, -0.2) is 0 Å². The molecule has 252 valence electrons. The van der Waals surface area contributed by atoms with E-state index >= 15 is 0 Å². The SMILES string of the molecule is CCCCCCCCCCCCCCCCCCN(CCCCCCCCCCCC)c1c2ccccc2cc2ccccc12. The number of anilines is 1. The fraction of sp³-hybridized carbons (Fsp3) is 0.682. The zero-order valence-corrected chi connectivity index (χ0v) is 29.9. The van der Waals surface area contributed by atoms with Crippen LogP contribution in [0, 0.1) is 0 Å². The molecule has 45 heavy (non-hydrogen) atoms. The molecule has 0 heterocycles. The summed E-state index contributed by atoms with van der Waals surface area (Å²) >= 11 is 0. The van der Waals surface area contributed by atoms with Crippen LogP contribution in [0.2, 0.25) is 0 Å². The zero-order valence-electron chi connectivity index (χ0n) is 29.9. The Labute approximate surface area is 280 Å². The van der Waals surface area contributed by atoms with Crippen molar-refractivity contribution in [3.05, 3.63) is 54.6 Å². The molecule has 0 aliphatic heterocycles. The largest absolute Gasteiger partial charge is 0.371 e. The molecule has 0 radical (unpaired) electrons. The molecule has 0 aliphatic rings. The van der Waals surface area contributed by atoms with E-state index in [2.05, 4.69) is 73.3 Å². The highest BCUT2D eigenvalue weighted by Crippen LogP contribution is 2.36. The van der Waals surface area contributed by atoms with Crippen molar-refractivity contribution in [1.29, 1.82) is 0 Å². The van der Waals surface area contributed by atoms with Gasteiger partial charge in [-0.15, -0.1) is 0 Å². The lowest BCUT2D eigenvalue weighted by Gasteiger charge is -2.28. The van der Waals surface area contributed by atoms with Crippen molar-refractivity contribution in [3.8, 4) is 0 Å². The summed E-state index contributed by atoms with van der Waals surface area (Å²) in [6.45, 7) is 6.99. The number of unbranched alkanes of at least 4 members (excludes halogenated alkanes) is 24. The van der Waals surface area contributed by atoms with Gasteiger partial charge in [0.25, 0.3) is 0 Å². The number of nitrogens with zero attached hydrogens (tertiary/aromatic N) is 1. The summed E-state index contributed by atoms with van der Waals surface area (Å²) in [5.41, 5.74) is 1.49. The maximum Gasteiger partial charge on any atom is 0.0525 e. The molecule has 3 aromatic carbocycles. The van der Waals surface area contributed by atoms with Crippen LogP contribution in [0.4, 0.5) is 5.69 Å². The van der Waals surface area contributed by atoms with E-state index in [9.17, 15) is 0 Å². The van der Waals surface area contributed by atoms with Gasteiger partial charge in [0.05, 0.1) is 5.69 Å². The van der Waals surface area contributed by atoms with Crippen molar-refractivity contribution in [2.24, 2.45) is 0 Å².